The highest BCUT2D eigenvalue weighted by molar-refractivity contribution is 7.71. The molecule has 168 valence electrons. The maximum absolute atomic E-state index is 12.5. The van der Waals surface area contributed by atoms with Gasteiger partial charge in [-0.1, -0.05) is 31.5 Å². The molecule has 8 nitrogen and oxygen atoms in total. The lowest BCUT2D eigenvalue weighted by molar-refractivity contribution is -0.115. The number of aromatic hydroxyl groups is 1. The van der Waals surface area contributed by atoms with Crippen molar-refractivity contribution in [2.45, 2.75) is 26.2 Å². The van der Waals surface area contributed by atoms with E-state index in [0.29, 0.717) is 29.4 Å². The van der Waals surface area contributed by atoms with Crippen LogP contribution in [0.2, 0.25) is 0 Å². The highest BCUT2D eigenvalue weighted by Gasteiger charge is 2.22. The number of nitrogens with one attached hydrogen (secondary N) is 2. The van der Waals surface area contributed by atoms with Crippen molar-refractivity contribution >= 4 is 30.0 Å². The molecule has 1 aliphatic heterocycles. The standard InChI is InChI=1S/C24H22N4O4S/c1-2-3-9-20-25-19(22(30)26-20)14-18-21(29)27-24(33)28(23(18)31)15-10-12-17(13-11-15)32-16-7-5-4-6-8-16/h4-8,10-14,31H,2-3,9H2,1H3,(H,25,26,30)(H,27,29,33). The van der Waals surface area contributed by atoms with Crippen LogP contribution in [0.4, 0.5) is 0 Å². The van der Waals surface area contributed by atoms with Gasteiger partial charge in [0.1, 0.15) is 28.6 Å². The number of unbranched alkanes of at least 4 members (excludes halogenated alkanes) is 1. The second-order valence-corrected chi connectivity index (χ2v) is 7.77. The highest BCUT2D eigenvalue weighted by Crippen LogP contribution is 2.26. The molecule has 4 rings (SSSR count). The average molecular weight is 463 g/mol. The minimum absolute atomic E-state index is 0.0133. The Labute approximate surface area is 194 Å². The van der Waals surface area contributed by atoms with Crippen molar-refractivity contribution in [2.75, 3.05) is 0 Å². The summed E-state index contributed by atoms with van der Waals surface area (Å²) in [5.74, 6) is 1.02. The number of rotatable bonds is 7. The van der Waals surface area contributed by atoms with E-state index in [2.05, 4.69) is 15.3 Å². The molecule has 0 unspecified atom stereocenters. The third kappa shape index (κ3) is 4.93. The lowest BCUT2D eigenvalue weighted by Crippen LogP contribution is -2.24. The summed E-state index contributed by atoms with van der Waals surface area (Å²) < 4.78 is 7.11. The molecule has 0 atom stereocenters. The number of para-hydroxylation sites is 1. The van der Waals surface area contributed by atoms with Gasteiger partial charge in [0, 0.05) is 6.42 Å². The Morgan fingerprint density at radius 1 is 1.09 bits per heavy atom. The molecule has 0 bridgehead atoms. The van der Waals surface area contributed by atoms with Crippen LogP contribution in [0.3, 0.4) is 0 Å². The molecular formula is C24H22N4O4S. The molecule has 0 saturated heterocycles. The van der Waals surface area contributed by atoms with Crippen molar-refractivity contribution in [2.24, 2.45) is 4.99 Å². The van der Waals surface area contributed by atoms with Crippen molar-refractivity contribution in [1.82, 2.24) is 14.9 Å². The van der Waals surface area contributed by atoms with Gasteiger partial charge in [0.2, 0.25) is 5.88 Å². The first kappa shape index (κ1) is 22.2. The number of hydrogen-bond acceptors (Lipinski definition) is 6. The van der Waals surface area contributed by atoms with Crippen molar-refractivity contribution in [3.05, 3.63) is 81.0 Å². The topological polar surface area (TPSA) is 109 Å². The Morgan fingerprint density at radius 2 is 1.79 bits per heavy atom. The fourth-order valence-corrected chi connectivity index (χ4v) is 3.60. The van der Waals surface area contributed by atoms with Gasteiger partial charge >= 0.3 is 0 Å². The largest absolute Gasteiger partial charge is 0.494 e. The Hall–Kier alpha value is -3.98. The van der Waals surface area contributed by atoms with Crippen LogP contribution >= 0.6 is 12.2 Å². The van der Waals surface area contributed by atoms with Crippen molar-refractivity contribution in [1.29, 1.82) is 0 Å². The van der Waals surface area contributed by atoms with Gasteiger partial charge in [-0.2, -0.15) is 0 Å². The van der Waals surface area contributed by atoms with Crippen LogP contribution in [0.5, 0.6) is 17.4 Å². The van der Waals surface area contributed by atoms with E-state index in [9.17, 15) is 14.7 Å². The summed E-state index contributed by atoms with van der Waals surface area (Å²) in [6.45, 7) is 2.04. The van der Waals surface area contributed by atoms with Gasteiger partial charge in [0.05, 0.1) is 5.69 Å². The van der Waals surface area contributed by atoms with Gasteiger partial charge in [-0.3, -0.25) is 19.1 Å². The summed E-state index contributed by atoms with van der Waals surface area (Å²) in [6, 6.07) is 16.2. The summed E-state index contributed by atoms with van der Waals surface area (Å²) in [5, 5.41) is 13.6. The SMILES string of the molecule is CCCCC1=NC(=Cc2c(O)n(-c3ccc(Oc4ccccc4)cc3)c(=S)[nH]c2=O)C(=O)N1. The van der Waals surface area contributed by atoms with Crippen LogP contribution in [0.1, 0.15) is 31.7 Å². The number of carbonyl (C=O) groups is 1. The first-order valence-electron chi connectivity index (χ1n) is 10.5. The van der Waals surface area contributed by atoms with E-state index in [1.165, 1.54) is 10.6 Å². The minimum Gasteiger partial charge on any atom is -0.494 e. The second-order valence-electron chi connectivity index (χ2n) is 7.39. The quantitative estimate of drug-likeness (QED) is 0.355. The van der Waals surface area contributed by atoms with Gasteiger partial charge in [0.15, 0.2) is 4.77 Å². The molecule has 2 aromatic carbocycles. The molecule has 9 heteroatoms. The number of aliphatic imine (C=N–C) groups is 1. The van der Waals surface area contributed by atoms with Gasteiger partial charge in [-0.05, 0) is 61.1 Å². The molecule has 1 amide bonds. The zero-order chi connectivity index (χ0) is 23.4. The minimum atomic E-state index is -0.615. The maximum atomic E-state index is 12.5. The molecule has 0 spiro atoms. The van der Waals surface area contributed by atoms with Crippen LogP contribution in [-0.2, 0) is 4.79 Å². The molecule has 3 N–H and O–H groups in total. The van der Waals surface area contributed by atoms with Crippen LogP contribution in [-0.4, -0.2) is 26.4 Å². The van der Waals surface area contributed by atoms with Gasteiger partial charge in [0.25, 0.3) is 11.5 Å². The van der Waals surface area contributed by atoms with E-state index in [0.717, 1.165) is 12.8 Å². The second kappa shape index (κ2) is 9.66. The zero-order valence-electron chi connectivity index (χ0n) is 17.9. The predicted molar refractivity (Wildman–Crippen MR) is 128 cm³/mol. The first-order chi connectivity index (χ1) is 16.0. The summed E-state index contributed by atoms with van der Waals surface area (Å²) in [5.41, 5.74) is -0.164. The number of carbonyl (C=O) groups excluding carboxylic acids is 1. The van der Waals surface area contributed by atoms with Gasteiger partial charge in [-0.15, -0.1) is 0 Å². The first-order valence-corrected chi connectivity index (χ1v) is 10.9. The summed E-state index contributed by atoms with van der Waals surface area (Å²) in [6.07, 6.45) is 3.74. The van der Waals surface area contributed by atoms with Crippen LogP contribution in [0.15, 0.2) is 70.1 Å². The molecule has 3 aromatic rings. The van der Waals surface area contributed by atoms with Crippen molar-refractivity contribution in [3.8, 4) is 23.1 Å². The van der Waals surface area contributed by atoms with E-state index in [4.69, 9.17) is 17.0 Å². The number of aromatic amines is 1. The number of aromatic nitrogens is 2. The number of benzene rings is 2. The van der Waals surface area contributed by atoms with E-state index < -0.39 is 17.3 Å². The molecule has 1 aliphatic rings. The number of hydrogen-bond donors (Lipinski definition) is 3. The van der Waals surface area contributed by atoms with E-state index >= 15 is 0 Å². The Kier molecular flexibility index (Phi) is 6.50. The van der Waals surface area contributed by atoms with E-state index in [1.807, 2.05) is 37.3 Å². The zero-order valence-corrected chi connectivity index (χ0v) is 18.7. The number of amides is 1. The third-order valence-electron chi connectivity index (χ3n) is 4.99. The lowest BCUT2D eigenvalue weighted by atomic mass is 10.2. The molecule has 1 aromatic heterocycles. The number of H-pyrrole nitrogens is 1. The number of nitrogens with zero attached hydrogens (tertiary/aromatic N) is 2. The normalized spacial score (nSPS) is 14.3. The maximum Gasteiger partial charge on any atom is 0.275 e. The van der Waals surface area contributed by atoms with Crippen LogP contribution < -0.4 is 15.6 Å². The monoisotopic (exact) mass is 462 g/mol. The van der Waals surface area contributed by atoms with Crippen molar-refractivity contribution in [3.63, 3.8) is 0 Å². The van der Waals surface area contributed by atoms with Gasteiger partial charge in [-0.25, -0.2) is 4.99 Å². The Morgan fingerprint density at radius 3 is 2.48 bits per heavy atom. The molecule has 33 heavy (non-hydrogen) atoms. The van der Waals surface area contributed by atoms with E-state index in [-0.39, 0.29) is 16.0 Å². The Bertz CT molecular complexity index is 1360. The lowest BCUT2D eigenvalue weighted by Gasteiger charge is -2.12. The summed E-state index contributed by atoms with van der Waals surface area (Å²) in [7, 11) is 0. The molecule has 0 aliphatic carbocycles. The van der Waals surface area contributed by atoms with Gasteiger partial charge < -0.3 is 15.2 Å². The molecular weight excluding hydrogens is 440 g/mol. The van der Waals surface area contributed by atoms with E-state index in [1.54, 1.807) is 24.3 Å². The summed E-state index contributed by atoms with van der Waals surface area (Å²) >= 11 is 5.27. The average Bonchev–Trinajstić information content (AvgIpc) is 3.16. The molecule has 0 radical (unpaired) electrons. The molecule has 2 heterocycles. The fourth-order valence-electron chi connectivity index (χ4n) is 3.31. The number of ether oxygens (including phenoxy) is 1. The van der Waals surface area contributed by atoms with Crippen LogP contribution in [0.25, 0.3) is 11.8 Å². The van der Waals surface area contributed by atoms with Crippen LogP contribution in [0, 0.1) is 4.77 Å². The smallest absolute Gasteiger partial charge is 0.275 e. The predicted octanol–water partition coefficient (Wildman–Crippen LogP) is 4.45. The summed E-state index contributed by atoms with van der Waals surface area (Å²) in [4.78, 5) is 31.6. The number of amidine groups is 1. The fraction of sp³-hybridized carbons (Fsp3) is 0.167. The molecule has 0 saturated carbocycles. The Balaban J connectivity index is 1.68. The highest BCUT2D eigenvalue weighted by atomic mass is 32.1. The third-order valence-corrected chi connectivity index (χ3v) is 5.27. The molecule has 0 fully saturated rings. The van der Waals surface area contributed by atoms with Crippen molar-refractivity contribution < 1.29 is 14.6 Å².